The summed E-state index contributed by atoms with van der Waals surface area (Å²) < 4.78 is 1.86. The third-order valence-corrected chi connectivity index (χ3v) is 6.47. The van der Waals surface area contributed by atoms with E-state index in [1.54, 1.807) is 0 Å². The topological polar surface area (TPSA) is 83.6 Å². The molecular weight excluding hydrogens is 394 g/mol. The molecule has 0 unspecified atom stereocenters. The van der Waals surface area contributed by atoms with Gasteiger partial charge in [0.25, 0.3) is 0 Å². The van der Waals surface area contributed by atoms with Crippen LogP contribution in [-0.2, 0) is 30.6 Å². The molecule has 1 amide bonds. The van der Waals surface area contributed by atoms with Crippen LogP contribution in [0.4, 0.5) is 5.13 Å². The summed E-state index contributed by atoms with van der Waals surface area (Å²) >= 11 is 1.46. The first-order chi connectivity index (χ1) is 14.5. The van der Waals surface area contributed by atoms with Crippen molar-refractivity contribution < 1.29 is 4.79 Å². The van der Waals surface area contributed by atoms with E-state index < -0.39 is 0 Å². The molecule has 1 aromatic carbocycles. The maximum atomic E-state index is 12.5. The number of thiazole rings is 1. The summed E-state index contributed by atoms with van der Waals surface area (Å²) in [6, 6.07) is 8.71. The Kier molecular flexibility index (Phi) is 5.96. The van der Waals surface area contributed by atoms with E-state index in [2.05, 4.69) is 39.7 Å². The van der Waals surface area contributed by atoms with Gasteiger partial charge in [0.2, 0.25) is 5.91 Å². The van der Waals surface area contributed by atoms with Crippen molar-refractivity contribution in [3.63, 3.8) is 0 Å². The van der Waals surface area contributed by atoms with E-state index in [-0.39, 0.29) is 5.91 Å². The summed E-state index contributed by atoms with van der Waals surface area (Å²) in [5.74, 6) is -0.0478. The van der Waals surface area contributed by atoms with E-state index >= 15 is 0 Å². The van der Waals surface area contributed by atoms with Gasteiger partial charge in [-0.3, -0.25) is 9.48 Å². The minimum Gasteiger partial charge on any atom is -0.302 e. The SMILES string of the molecule is Cc1nn(CCC#N)c(C)c1CCC(=O)Nc1nc(-c2ccc3c(c2)CCC3)cs1. The Balaban J connectivity index is 1.36. The van der Waals surface area contributed by atoms with Gasteiger partial charge in [-0.05, 0) is 62.3 Å². The van der Waals surface area contributed by atoms with E-state index in [0.29, 0.717) is 30.9 Å². The van der Waals surface area contributed by atoms with Crippen LogP contribution in [0.3, 0.4) is 0 Å². The summed E-state index contributed by atoms with van der Waals surface area (Å²) in [7, 11) is 0. The maximum absolute atomic E-state index is 12.5. The second-order valence-electron chi connectivity index (χ2n) is 7.70. The van der Waals surface area contributed by atoms with Gasteiger partial charge in [0.1, 0.15) is 0 Å². The molecule has 30 heavy (non-hydrogen) atoms. The molecule has 0 saturated carbocycles. The summed E-state index contributed by atoms with van der Waals surface area (Å²) in [6.45, 7) is 4.53. The second-order valence-corrected chi connectivity index (χ2v) is 8.56. The normalized spacial score (nSPS) is 12.6. The Morgan fingerprint density at radius 3 is 2.97 bits per heavy atom. The molecule has 154 valence electrons. The number of fused-ring (bicyclic) bond motifs is 1. The van der Waals surface area contributed by atoms with Gasteiger partial charge in [0.05, 0.1) is 30.4 Å². The lowest BCUT2D eigenvalue weighted by atomic mass is 10.1. The number of carbonyl (C=O) groups is 1. The number of aromatic nitrogens is 3. The van der Waals surface area contributed by atoms with Crippen molar-refractivity contribution in [2.45, 2.75) is 58.9 Å². The smallest absolute Gasteiger partial charge is 0.226 e. The molecule has 0 atom stereocenters. The molecular formula is C23H25N5OS. The molecule has 0 saturated heterocycles. The lowest BCUT2D eigenvalue weighted by Gasteiger charge is -2.04. The standard InChI is InChI=1S/C23H25N5OS/c1-15-20(16(2)28(27-15)12-4-11-24)9-10-22(29)26-23-25-21(14-30-23)19-8-7-17-5-3-6-18(17)13-19/h7-8,13-14H,3-6,9-10,12H2,1-2H3,(H,25,26,29). The molecule has 1 aliphatic carbocycles. The highest BCUT2D eigenvalue weighted by molar-refractivity contribution is 7.14. The van der Waals surface area contributed by atoms with Crippen LogP contribution in [0.15, 0.2) is 23.6 Å². The molecule has 0 bridgehead atoms. The van der Waals surface area contributed by atoms with Crippen LogP contribution in [0, 0.1) is 25.2 Å². The van der Waals surface area contributed by atoms with E-state index in [1.807, 2.05) is 23.9 Å². The van der Waals surface area contributed by atoms with Crippen molar-refractivity contribution in [2.75, 3.05) is 5.32 Å². The van der Waals surface area contributed by atoms with Crippen molar-refractivity contribution in [1.82, 2.24) is 14.8 Å². The molecule has 2 aromatic heterocycles. The van der Waals surface area contributed by atoms with Crippen LogP contribution in [0.25, 0.3) is 11.3 Å². The van der Waals surface area contributed by atoms with Gasteiger partial charge in [-0.25, -0.2) is 4.98 Å². The van der Waals surface area contributed by atoms with E-state index in [4.69, 9.17) is 5.26 Å². The van der Waals surface area contributed by atoms with Crippen LogP contribution >= 0.6 is 11.3 Å². The van der Waals surface area contributed by atoms with Gasteiger partial charge >= 0.3 is 0 Å². The monoisotopic (exact) mass is 419 g/mol. The van der Waals surface area contributed by atoms with Gasteiger partial charge in [-0.15, -0.1) is 11.3 Å². The van der Waals surface area contributed by atoms with Crippen molar-refractivity contribution in [3.05, 3.63) is 51.7 Å². The molecule has 3 aromatic rings. The lowest BCUT2D eigenvalue weighted by molar-refractivity contribution is -0.116. The van der Waals surface area contributed by atoms with Crippen molar-refractivity contribution >= 4 is 22.4 Å². The molecule has 1 N–H and O–H groups in total. The van der Waals surface area contributed by atoms with Crippen molar-refractivity contribution in [2.24, 2.45) is 0 Å². The predicted molar refractivity (Wildman–Crippen MR) is 118 cm³/mol. The zero-order valence-electron chi connectivity index (χ0n) is 17.4. The number of carbonyl (C=O) groups excluding carboxylic acids is 1. The molecule has 6 nitrogen and oxygen atoms in total. The fourth-order valence-electron chi connectivity index (χ4n) is 4.08. The molecule has 0 fully saturated rings. The number of benzene rings is 1. The highest BCUT2D eigenvalue weighted by atomic mass is 32.1. The molecule has 4 rings (SSSR count). The number of amides is 1. The highest BCUT2D eigenvalue weighted by Crippen LogP contribution is 2.30. The second kappa shape index (κ2) is 8.80. The molecule has 0 radical (unpaired) electrons. The third kappa shape index (κ3) is 4.29. The van der Waals surface area contributed by atoms with Crippen LogP contribution < -0.4 is 5.32 Å². The molecule has 0 spiro atoms. The van der Waals surface area contributed by atoms with Crippen LogP contribution in [-0.4, -0.2) is 20.7 Å². The largest absolute Gasteiger partial charge is 0.302 e. The molecule has 7 heteroatoms. The maximum Gasteiger partial charge on any atom is 0.226 e. The van der Waals surface area contributed by atoms with Crippen LogP contribution in [0.1, 0.15) is 47.3 Å². The van der Waals surface area contributed by atoms with Crippen LogP contribution in [0.5, 0.6) is 0 Å². The summed E-state index contributed by atoms with van der Waals surface area (Å²) in [5.41, 5.74) is 7.94. The van der Waals surface area contributed by atoms with Gasteiger partial charge in [-0.2, -0.15) is 10.4 Å². The number of hydrogen-bond acceptors (Lipinski definition) is 5. The first-order valence-electron chi connectivity index (χ1n) is 10.3. The highest BCUT2D eigenvalue weighted by Gasteiger charge is 2.15. The quantitative estimate of drug-likeness (QED) is 0.607. The first-order valence-corrected chi connectivity index (χ1v) is 11.2. The van der Waals surface area contributed by atoms with Crippen LogP contribution in [0.2, 0.25) is 0 Å². The number of rotatable bonds is 7. The van der Waals surface area contributed by atoms with Gasteiger partial charge in [0, 0.05) is 23.1 Å². The van der Waals surface area contributed by atoms with Gasteiger partial charge in [0.15, 0.2) is 5.13 Å². The first kappa shape index (κ1) is 20.3. The molecule has 0 aliphatic heterocycles. The summed E-state index contributed by atoms with van der Waals surface area (Å²) in [4.78, 5) is 17.1. The zero-order chi connectivity index (χ0) is 21.1. The number of nitrogens with one attached hydrogen (secondary N) is 1. The summed E-state index contributed by atoms with van der Waals surface area (Å²) in [5, 5.41) is 18.8. The van der Waals surface area contributed by atoms with Crippen molar-refractivity contribution in [3.8, 4) is 17.3 Å². The Morgan fingerprint density at radius 1 is 1.30 bits per heavy atom. The fourth-order valence-corrected chi connectivity index (χ4v) is 4.82. The third-order valence-electron chi connectivity index (χ3n) is 5.71. The minimum atomic E-state index is -0.0478. The number of nitrogens with zero attached hydrogens (tertiary/aromatic N) is 4. The average Bonchev–Trinajstić information content (AvgIpc) is 3.44. The Labute approximate surface area is 180 Å². The number of nitriles is 1. The van der Waals surface area contributed by atoms with Gasteiger partial charge in [-0.1, -0.05) is 12.1 Å². The summed E-state index contributed by atoms with van der Waals surface area (Å²) in [6.07, 6.45) is 4.97. The fraction of sp³-hybridized carbons (Fsp3) is 0.391. The van der Waals surface area contributed by atoms with Crippen molar-refractivity contribution in [1.29, 1.82) is 5.26 Å². The van der Waals surface area contributed by atoms with Gasteiger partial charge < -0.3 is 5.32 Å². The predicted octanol–water partition coefficient (Wildman–Crippen LogP) is 4.60. The molecule has 2 heterocycles. The van der Waals surface area contributed by atoms with E-state index in [0.717, 1.165) is 34.6 Å². The molecule has 1 aliphatic rings. The average molecular weight is 420 g/mol. The van der Waals surface area contributed by atoms with E-state index in [1.165, 1.54) is 35.3 Å². The lowest BCUT2D eigenvalue weighted by Crippen LogP contribution is -2.12. The zero-order valence-corrected chi connectivity index (χ0v) is 18.2. The number of anilines is 1. The Morgan fingerprint density at radius 2 is 2.13 bits per heavy atom. The van der Waals surface area contributed by atoms with E-state index in [9.17, 15) is 4.79 Å². The Hall–Kier alpha value is -2.98. The number of aryl methyl sites for hydroxylation is 4. The number of hydrogen-bond donors (Lipinski definition) is 1. The minimum absolute atomic E-state index is 0.0478. The Bertz CT molecular complexity index is 1120.